The quantitative estimate of drug-likeness (QED) is 0.925. The molecule has 0 amide bonds. The van der Waals surface area contributed by atoms with Crippen LogP contribution in [-0.2, 0) is 6.61 Å². The lowest BCUT2D eigenvalue weighted by Crippen LogP contribution is -1.99. The maximum Gasteiger partial charge on any atom is 0.219 e. The zero-order valence-electron chi connectivity index (χ0n) is 10.2. The summed E-state index contributed by atoms with van der Waals surface area (Å²) in [5.41, 5.74) is 0.581. The molecule has 2 aromatic rings. The van der Waals surface area contributed by atoms with Gasteiger partial charge in [0.15, 0.2) is 5.75 Å². The molecular formula is C12H14ClN3O2. The molecule has 96 valence electrons. The molecule has 2 heterocycles. The summed E-state index contributed by atoms with van der Waals surface area (Å²) in [6.45, 7) is 3.91. The van der Waals surface area contributed by atoms with E-state index in [2.05, 4.69) is 10.1 Å². The fourth-order valence-corrected chi connectivity index (χ4v) is 1.58. The Bertz CT molecular complexity index is 540. The van der Waals surface area contributed by atoms with Crippen molar-refractivity contribution < 1.29 is 9.84 Å². The Balaban J connectivity index is 2.17. The molecule has 6 heteroatoms. The van der Waals surface area contributed by atoms with Gasteiger partial charge in [-0.1, -0.05) is 11.6 Å². The Morgan fingerprint density at radius 2 is 2.22 bits per heavy atom. The Morgan fingerprint density at radius 1 is 1.44 bits per heavy atom. The third-order valence-electron chi connectivity index (χ3n) is 2.41. The molecule has 0 saturated carbocycles. The van der Waals surface area contributed by atoms with Crippen molar-refractivity contribution in [2.45, 2.75) is 26.5 Å². The van der Waals surface area contributed by atoms with Crippen LogP contribution in [-0.4, -0.2) is 19.9 Å². The molecule has 0 aliphatic carbocycles. The van der Waals surface area contributed by atoms with Crippen molar-refractivity contribution in [3.8, 4) is 11.6 Å². The molecule has 0 bridgehead atoms. The standard InChI is InChI=1S/C12H14ClN3O2/c1-8(2)16-6-10(4-15-16)18-12-3-9(7-17)11(13)5-14-12/h3-6,8,17H,7H2,1-2H3. The summed E-state index contributed by atoms with van der Waals surface area (Å²) >= 11 is 5.85. The summed E-state index contributed by atoms with van der Waals surface area (Å²) in [5.74, 6) is 0.981. The normalized spacial score (nSPS) is 10.9. The molecule has 0 aromatic carbocycles. The van der Waals surface area contributed by atoms with Crippen LogP contribution < -0.4 is 4.74 Å². The number of hydrogen-bond donors (Lipinski definition) is 1. The van der Waals surface area contributed by atoms with Crippen LogP contribution in [0.25, 0.3) is 0 Å². The zero-order valence-corrected chi connectivity index (χ0v) is 10.9. The topological polar surface area (TPSA) is 60.2 Å². The minimum absolute atomic E-state index is 0.150. The smallest absolute Gasteiger partial charge is 0.219 e. The van der Waals surface area contributed by atoms with Gasteiger partial charge in [0.05, 0.1) is 24.0 Å². The SMILES string of the molecule is CC(C)n1cc(Oc2cc(CO)c(Cl)cn2)cn1. The molecule has 5 nitrogen and oxygen atoms in total. The summed E-state index contributed by atoms with van der Waals surface area (Å²) in [7, 11) is 0. The largest absolute Gasteiger partial charge is 0.436 e. The Kier molecular flexibility index (Phi) is 3.84. The van der Waals surface area contributed by atoms with Crippen molar-refractivity contribution in [1.29, 1.82) is 0 Å². The van der Waals surface area contributed by atoms with Crippen molar-refractivity contribution in [3.05, 3.63) is 35.2 Å². The number of rotatable bonds is 4. The van der Waals surface area contributed by atoms with Crippen molar-refractivity contribution >= 4 is 11.6 Å². The minimum atomic E-state index is -0.150. The highest BCUT2D eigenvalue weighted by Crippen LogP contribution is 2.24. The van der Waals surface area contributed by atoms with E-state index in [-0.39, 0.29) is 12.6 Å². The lowest BCUT2D eigenvalue weighted by atomic mass is 10.3. The highest BCUT2D eigenvalue weighted by Gasteiger charge is 2.07. The first kappa shape index (κ1) is 12.9. The Morgan fingerprint density at radius 3 is 2.83 bits per heavy atom. The first-order valence-corrected chi connectivity index (χ1v) is 5.95. The summed E-state index contributed by atoms with van der Waals surface area (Å²) in [6.07, 6.45) is 4.86. The first-order chi connectivity index (χ1) is 8.60. The molecule has 0 radical (unpaired) electrons. The van der Waals surface area contributed by atoms with E-state index in [4.69, 9.17) is 21.4 Å². The number of aliphatic hydroxyl groups excluding tert-OH is 1. The number of hydrogen-bond acceptors (Lipinski definition) is 4. The van der Waals surface area contributed by atoms with Crippen LogP contribution >= 0.6 is 11.6 Å². The predicted octanol–water partition coefficient (Wildman–Crippen LogP) is 2.80. The van der Waals surface area contributed by atoms with E-state index >= 15 is 0 Å². The van der Waals surface area contributed by atoms with E-state index in [0.29, 0.717) is 22.2 Å². The third kappa shape index (κ3) is 2.80. The van der Waals surface area contributed by atoms with Crippen LogP contribution in [0.2, 0.25) is 5.02 Å². The molecule has 2 aromatic heterocycles. The first-order valence-electron chi connectivity index (χ1n) is 5.57. The van der Waals surface area contributed by atoms with E-state index < -0.39 is 0 Å². The molecule has 0 aliphatic heterocycles. The van der Waals surface area contributed by atoms with E-state index in [1.807, 2.05) is 13.8 Å². The summed E-state index contributed by atoms with van der Waals surface area (Å²) in [6, 6.07) is 1.88. The summed E-state index contributed by atoms with van der Waals surface area (Å²) in [5, 5.41) is 13.7. The van der Waals surface area contributed by atoms with Gasteiger partial charge in [-0.05, 0) is 13.8 Å². The second kappa shape index (κ2) is 5.37. The van der Waals surface area contributed by atoms with Crippen molar-refractivity contribution in [2.75, 3.05) is 0 Å². The number of halogens is 1. The molecule has 18 heavy (non-hydrogen) atoms. The van der Waals surface area contributed by atoms with Crippen LogP contribution in [0.3, 0.4) is 0 Å². The van der Waals surface area contributed by atoms with Gasteiger partial charge in [0, 0.05) is 23.9 Å². The van der Waals surface area contributed by atoms with Gasteiger partial charge in [-0.15, -0.1) is 0 Å². The van der Waals surface area contributed by atoms with Gasteiger partial charge >= 0.3 is 0 Å². The molecule has 1 N–H and O–H groups in total. The van der Waals surface area contributed by atoms with Gasteiger partial charge in [-0.25, -0.2) is 4.98 Å². The highest BCUT2D eigenvalue weighted by atomic mass is 35.5. The van der Waals surface area contributed by atoms with Crippen LogP contribution in [0.4, 0.5) is 0 Å². The summed E-state index contributed by atoms with van der Waals surface area (Å²) < 4.78 is 7.33. The lowest BCUT2D eigenvalue weighted by molar-refractivity contribution is 0.281. The molecule has 0 atom stereocenters. The summed E-state index contributed by atoms with van der Waals surface area (Å²) in [4.78, 5) is 4.03. The fraction of sp³-hybridized carbons (Fsp3) is 0.333. The average Bonchev–Trinajstić information content (AvgIpc) is 2.80. The highest BCUT2D eigenvalue weighted by molar-refractivity contribution is 6.31. The number of ether oxygens (including phenoxy) is 1. The lowest BCUT2D eigenvalue weighted by Gasteiger charge is -2.05. The minimum Gasteiger partial charge on any atom is -0.436 e. The molecule has 0 unspecified atom stereocenters. The van der Waals surface area contributed by atoms with Gasteiger partial charge in [-0.2, -0.15) is 5.10 Å². The van der Waals surface area contributed by atoms with Gasteiger partial charge in [0.2, 0.25) is 5.88 Å². The van der Waals surface area contributed by atoms with Crippen molar-refractivity contribution in [2.24, 2.45) is 0 Å². The van der Waals surface area contributed by atoms with Crippen molar-refractivity contribution in [3.63, 3.8) is 0 Å². The van der Waals surface area contributed by atoms with Crippen LogP contribution in [0.5, 0.6) is 11.6 Å². The van der Waals surface area contributed by atoms with Crippen molar-refractivity contribution in [1.82, 2.24) is 14.8 Å². The monoisotopic (exact) mass is 267 g/mol. The average molecular weight is 268 g/mol. The number of aliphatic hydroxyl groups is 1. The second-order valence-corrected chi connectivity index (χ2v) is 4.53. The number of nitrogens with zero attached hydrogens (tertiary/aromatic N) is 3. The number of pyridine rings is 1. The Labute approximate surface area is 110 Å². The van der Waals surface area contributed by atoms with Gasteiger partial charge in [-0.3, -0.25) is 4.68 Å². The van der Waals surface area contributed by atoms with Gasteiger partial charge < -0.3 is 9.84 Å². The van der Waals surface area contributed by atoms with E-state index in [1.165, 1.54) is 6.20 Å². The van der Waals surface area contributed by atoms with Crippen LogP contribution in [0.15, 0.2) is 24.7 Å². The zero-order chi connectivity index (χ0) is 13.1. The second-order valence-electron chi connectivity index (χ2n) is 4.12. The van der Waals surface area contributed by atoms with Crippen LogP contribution in [0, 0.1) is 0 Å². The van der Waals surface area contributed by atoms with E-state index in [9.17, 15) is 0 Å². The maximum absolute atomic E-state index is 9.10. The van der Waals surface area contributed by atoms with Crippen LogP contribution in [0.1, 0.15) is 25.5 Å². The molecule has 0 aliphatic rings. The van der Waals surface area contributed by atoms with Gasteiger partial charge in [0.25, 0.3) is 0 Å². The van der Waals surface area contributed by atoms with E-state index in [0.717, 1.165) is 0 Å². The molecule has 2 rings (SSSR count). The molecule has 0 saturated heterocycles. The Hall–Kier alpha value is -1.59. The maximum atomic E-state index is 9.10. The molecule has 0 spiro atoms. The predicted molar refractivity (Wildman–Crippen MR) is 67.9 cm³/mol. The van der Waals surface area contributed by atoms with E-state index in [1.54, 1.807) is 23.1 Å². The molecular weight excluding hydrogens is 254 g/mol. The fourth-order valence-electron chi connectivity index (χ4n) is 1.41. The molecule has 0 fully saturated rings. The van der Waals surface area contributed by atoms with Gasteiger partial charge in [0.1, 0.15) is 0 Å². The number of aromatic nitrogens is 3. The third-order valence-corrected chi connectivity index (χ3v) is 2.75.